The molecular weight excluding hydrogens is 190 g/mol. The minimum atomic E-state index is -0.126. The molecule has 1 rings (SSSR count). The largest absolute Gasteiger partial charge is 0.330 e. The van der Waals surface area contributed by atoms with Crippen LogP contribution in [0.1, 0.15) is 17.5 Å². The molecule has 4 N–H and O–H groups in total. The van der Waals surface area contributed by atoms with E-state index in [4.69, 9.17) is 11.6 Å². The second-order valence-corrected chi connectivity index (χ2v) is 3.55. The van der Waals surface area contributed by atoms with Gasteiger partial charge in [-0.2, -0.15) is 0 Å². The number of carbonyl (C=O) groups excluding carboxylic acids is 1. The van der Waals surface area contributed by atoms with E-state index in [1.165, 1.54) is 5.01 Å². The summed E-state index contributed by atoms with van der Waals surface area (Å²) in [6, 6.07) is 7.91. The Morgan fingerprint density at radius 2 is 2.20 bits per heavy atom. The zero-order valence-electron chi connectivity index (χ0n) is 8.94. The van der Waals surface area contributed by atoms with Crippen LogP contribution in [0.25, 0.3) is 0 Å². The SMILES string of the molecule is Cc1cccc(CN(N)C(=O)CCN)c1. The predicted octanol–water partition coefficient (Wildman–Crippen LogP) is 0.546. The molecule has 0 bridgehead atoms. The smallest absolute Gasteiger partial charge is 0.238 e. The second-order valence-electron chi connectivity index (χ2n) is 3.55. The summed E-state index contributed by atoms with van der Waals surface area (Å²) in [5, 5.41) is 1.21. The second kappa shape index (κ2) is 5.48. The van der Waals surface area contributed by atoms with Gasteiger partial charge in [-0.25, -0.2) is 5.84 Å². The maximum atomic E-state index is 11.4. The number of amides is 1. The Morgan fingerprint density at radius 3 is 2.80 bits per heavy atom. The molecule has 4 heteroatoms. The Labute approximate surface area is 89.8 Å². The third-order valence-corrected chi connectivity index (χ3v) is 2.11. The number of aryl methyl sites for hydroxylation is 1. The number of benzene rings is 1. The average molecular weight is 207 g/mol. The van der Waals surface area contributed by atoms with Crippen molar-refractivity contribution in [1.29, 1.82) is 0 Å². The van der Waals surface area contributed by atoms with Crippen LogP contribution in [0.5, 0.6) is 0 Å². The van der Waals surface area contributed by atoms with Crippen LogP contribution in [-0.4, -0.2) is 17.5 Å². The van der Waals surface area contributed by atoms with Crippen LogP contribution in [0.15, 0.2) is 24.3 Å². The van der Waals surface area contributed by atoms with Crippen molar-refractivity contribution in [2.75, 3.05) is 6.54 Å². The molecule has 0 fully saturated rings. The predicted molar refractivity (Wildman–Crippen MR) is 59.6 cm³/mol. The van der Waals surface area contributed by atoms with Crippen molar-refractivity contribution in [3.63, 3.8) is 0 Å². The topological polar surface area (TPSA) is 72.3 Å². The summed E-state index contributed by atoms with van der Waals surface area (Å²) in [7, 11) is 0. The molecule has 0 saturated carbocycles. The Morgan fingerprint density at radius 1 is 1.47 bits per heavy atom. The number of hydrogen-bond acceptors (Lipinski definition) is 3. The molecule has 0 unspecified atom stereocenters. The lowest BCUT2D eigenvalue weighted by atomic mass is 10.1. The van der Waals surface area contributed by atoms with Crippen molar-refractivity contribution in [2.24, 2.45) is 11.6 Å². The molecule has 1 amide bonds. The molecule has 0 aliphatic rings. The van der Waals surface area contributed by atoms with Crippen molar-refractivity contribution in [2.45, 2.75) is 19.9 Å². The van der Waals surface area contributed by atoms with Gasteiger partial charge in [0.05, 0.1) is 6.54 Å². The van der Waals surface area contributed by atoms with Gasteiger partial charge in [0.25, 0.3) is 0 Å². The van der Waals surface area contributed by atoms with E-state index in [0.29, 0.717) is 19.5 Å². The summed E-state index contributed by atoms with van der Waals surface area (Å²) >= 11 is 0. The average Bonchev–Trinajstić information content (AvgIpc) is 2.18. The number of hydrazine groups is 1. The number of carbonyl (C=O) groups is 1. The van der Waals surface area contributed by atoms with E-state index in [-0.39, 0.29) is 5.91 Å². The lowest BCUT2D eigenvalue weighted by Crippen LogP contribution is -2.37. The quantitative estimate of drug-likeness (QED) is 0.430. The fourth-order valence-electron chi connectivity index (χ4n) is 1.36. The number of hydrogen-bond donors (Lipinski definition) is 2. The Bertz CT molecular complexity index is 338. The molecule has 1 aromatic rings. The first kappa shape index (κ1) is 11.7. The zero-order chi connectivity index (χ0) is 11.3. The van der Waals surface area contributed by atoms with E-state index in [1.807, 2.05) is 31.2 Å². The summed E-state index contributed by atoms with van der Waals surface area (Å²) in [5.41, 5.74) is 7.47. The van der Waals surface area contributed by atoms with E-state index < -0.39 is 0 Å². The summed E-state index contributed by atoms with van der Waals surface area (Å²) in [4.78, 5) is 11.4. The minimum Gasteiger partial charge on any atom is -0.330 e. The number of rotatable bonds is 4. The molecule has 15 heavy (non-hydrogen) atoms. The van der Waals surface area contributed by atoms with Gasteiger partial charge in [-0.15, -0.1) is 0 Å². The lowest BCUT2D eigenvalue weighted by molar-refractivity contribution is -0.131. The van der Waals surface area contributed by atoms with E-state index >= 15 is 0 Å². The molecule has 1 aromatic carbocycles. The minimum absolute atomic E-state index is 0.126. The summed E-state index contributed by atoms with van der Waals surface area (Å²) < 4.78 is 0. The van der Waals surface area contributed by atoms with Gasteiger partial charge in [0.15, 0.2) is 0 Å². The van der Waals surface area contributed by atoms with E-state index in [2.05, 4.69) is 0 Å². The molecule has 0 aliphatic heterocycles. The monoisotopic (exact) mass is 207 g/mol. The molecule has 0 aromatic heterocycles. The zero-order valence-corrected chi connectivity index (χ0v) is 8.94. The summed E-state index contributed by atoms with van der Waals surface area (Å²) in [6.45, 7) is 2.77. The fraction of sp³-hybridized carbons (Fsp3) is 0.364. The van der Waals surface area contributed by atoms with Gasteiger partial charge >= 0.3 is 0 Å². The molecule has 0 saturated heterocycles. The van der Waals surface area contributed by atoms with Crippen LogP contribution >= 0.6 is 0 Å². The van der Waals surface area contributed by atoms with Crippen molar-refractivity contribution in [1.82, 2.24) is 5.01 Å². The maximum absolute atomic E-state index is 11.4. The van der Waals surface area contributed by atoms with Crippen molar-refractivity contribution in [3.05, 3.63) is 35.4 Å². The highest BCUT2D eigenvalue weighted by molar-refractivity contribution is 5.75. The number of nitrogens with zero attached hydrogens (tertiary/aromatic N) is 1. The highest BCUT2D eigenvalue weighted by atomic mass is 16.2. The third kappa shape index (κ3) is 3.69. The maximum Gasteiger partial charge on any atom is 0.238 e. The van der Waals surface area contributed by atoms with Crippen LogP contribution in [0, 0.1) is 6.92 Å². The van der Waals surface area contributed by atoms with Crippen molar-refractivity contribution >= 4 is 5.91 Å². The molecule has 0 atom stereocenters. The molecular formula is C11H17N3O. The van der Waals surface area contributed by atoms with Crippen LogP contribution < -0.4 is 11.6 Å². The van der Waals surface area contributed by atoms with Crippen LogP contribution in [0.2, 0.25) is 0 Å². The summed E-state index contributed by atoms with van der Waals surface area (Å²) in [6.07, 6.45) is 0.294. The highest BCUT2D eigenvalue weighted by Gasteiger charge is 2.08. The lowest BCUT2D eigenvalue weighted by Gasteiger charge is -2.16. The number of nitrogens with two attached hydrogens (primary N) is 2. The first-order valence-corrected chi connectivity index (χ1v) is 4.94. The molecule has 82 valence electrons. The molecule has 4 nitrogen and oxygen atoms in total. The van der Waals surface area contributed by atoms with Crippen LogP contribution in [0.3, 0.4) is 0 Å². The van der Waals surface area contributed by atoms with Gasteiger partial charge in [0.1, 0.15) is 0 Å². The van der Waals surface area contributed by atoms with Gasteiger partial charge in [-0.3, -0.25) is 9.80 Å². The van der Waals surface area contributed by atoms with E-state index in [0.717, 1.165) is 11.1 Å². The van der Waals surface area contributed by atoms with Gasteiger partial charge in [0.2, 0.25) is 5.91 Å². The van der Waals surface area contributed by atoms with Gasteiger partial charge in [-0.05, 0) is 12.5 Å². The van der Waals surface area contributed by atoms with E-state index in [1.54, 1.807) is 0 Å². The Kier molecular flexibility index (Phi) is 4.27. The molecule has 0 radical (unpaired) electrons. The first-order valence-electron chi connectivity index (χ1n) is 4.94. The van der Waals surface area contributed by atoms with Crippen LogP contribution in [-0.2, 0) is 11.3 Å². The Hall–Kier alpha value is -1.39. The molecule has 0 spiro atoms. The first-order chi connectivity index (χ1) is 7.13. The molecule has 0 heterocycles. The van der Waals surface area contributed by atoms with Crippen molar-refractivity contribution < 1.29 is 4.79 Å². The van der Waals surface area contributed by atoms with Crippen LogP contribution in [0.4, 0.5) is 0 Å². The standard InChI is InChI=1S/C11H17N3O/c1-9-3-2-4-10(7-9)8-14(13)11(15)5-6-12/h2-4,7H,5-6,8,12-13H2,1H3. The highest BCUT2D eigenvalue weighted by Crippen LogP contribution is 2.06. The molecule has 0 aliphatic carbocycles. The van der Waals surface area contributed by atoms with Gasteiger partial charge in [0, 0.05) is 13.0 Å². The Balaban J connectivity index is 2.58. The normalized spacial score (nSPS) is 10.1. The fourth-order valence-corrected chi connectivity index (χ4v) is 1.36. The summed E-state index contributed by atoms with van der Waals surface area (Å²) in [5.74, 6) is 5.49. The van der Waals surface area contributed by atoms with E-state index in [9.17, 15) is 4.79 Å². The third-order valence-electron chi connectivity index (χ3n) is 2.11. The van der Waals surface area contributed by atoms with Gasteiger partial charge < -0.3 is 5.73 Å². The van der Waals surface area contributed by atoms with Crippen molar-refractivity contribution in [3.8, 4) is 0 Å². The van der Waals surface area contributed by atoms with Gasteiger partial charge in [-0.1, -0.05) is 29.8 Å².